The van der Waals surface area contributed by atoms with Crippen LogP contribution in [0.4, 0.5) is 5.00 Å². The SMILES string of the molecule is CC1(C)CN(c2ccc(C=O)s2)CC(CO)O1. The molecule has 1 unspecified atom stereocenters. The van der Waals surface area contributed by atoms with Gasteiger partial charge in [-0.05, 0) is 26.0 Å². The molecule has 0 amide bonds. The Balaban J connectivity index is 2.17. The predicted octanol–water partition coefficient (Wildman–Crippen LogP) is 1.54. The lowest BCUT2D eigenvalue weighted by atomic mass is 10.1. The van der Waals surface area contributed by atoms with Crippen molar-refractivity contribution < 1.29 is 14.6 Å². The Morgan fingerprint density at radius 2 is 2.41 bits per heavy atom. The van der Waals surface area contributed by atoms with Gasteiger partial charge in [0.2, 0.25) is 0 Å². The number of rotatable bonds is 3. The zero-order chi connectivity index (χ0) is 12.5. The van der Waals surface area contributed by atoms with Crippen LogP contribution in [-0.2, 0) is 4.74 Å². The number of aliphatic hydroxyl groups excluding tert-OH is 1. The number of ether oxygens (including phenoxy) is 1. The van der Waals surface area contributed by atoms with Crippen LogP contribution in [0.3, 0.4) is 0 Å². The molecule has 1 fully saturated rings. The topological polar surface area (TPSA) is 49.8 Å². The number of nitrogens with zero attached hydrogens (tertiary/aromatic N) is 1. The van der Waals surface area contributed by atoms with Crippen molar-refractivity contribution in [2.24, 2.45) is 0 Å². The van der Waals surface area contributed by atoms with Gasteiger partial charge in [-0.15, -0.1) is 11.3 Å². The molecule has 17 heavy (non-hydrogen) atoms. The first-order valence-corrected chi connectivity index (χ1v) is 6.44. The van der Waals surface area contributed by atoms with Gasteiger partial charge in [-0.1, -0.05) is 0 Å². The van der Waals surface area contributed by atoms with Crippen LogP contribution in [0.25, 0.3) is 0 Å². The van der Waals surface area contributed by atoms with Crippen LogP contribution >= 0.6 is 11.3 Å². The third kappa shape index (κ3) is 2.86. The smallest absolute Gasteiger partial charge is 0.160 e. The molecule has 1 aliphatic heterocycles. The second-order valence-electron chi connectivity index (χ2n) is 4.86. The number of carbonyl (C=O) groups excluding carboxylic acids is 1. The number of aliphatic hydroxyl groups is 1. The number of hydrogen-bond donors (Lipinski definition) is 1. The van der Waals surface area contributed by atoms with E-state index in [1.807, 2.05) is 26.0 Å². The van der Waals surface area contributed by atoms with Crippen molar-refractivity contribution in [3.63, 3.8) is 0 Å². The van der Waals surface area contributed by atoms with Gasteiger partial charge in [-0.3, -0.25) is 4.79 Å². The second-order valence-corrected chi connectivity index (χ2v) is 5.95. The first-order valence-electron chi connectivity index (χ1n) is 5.63. The van der Waals surface area contributed by atoms with E-state index >= 15 is 0 Å². The maximum atomic E-state index is 10.7. The average Bonchev–Trinajstić information content (AvgIpc) is 2.75. The van der Waals surface area contributed by atoms with E-state index in [-0.39, 0.29) is 18.3 Å². The minimum atomic E-state index is -0.281. The fraction of sp³-hybridized carbons (Fsp3) is 0.583. The van der Waals surface area contributed by atoms with E-state index in [1.54, 1.807) is 0 Å². The molecule has 2 heterocycles. The summed E-state index contributed by atoms with van der Waals surface area (Å²) in [6.07, 6.45) is 0.698. The maximum absolute atomic E-state index is 10.7. The highest BCUT2D eigenvalue weighted by Gasteiger charge is 2.33. The molecule has 2 rings (SSSR count). The highest BCUT2D eigenvalue weighted by molar-refractivity contribution is 7.17. The number of anilines is 1. The van der Waals surface area contributed by atoms with E-state index in [0.29, 0.717) is 6.54 Å². The quantitative estimate of drug-likeness (QED) is 0.832. The lowest BCUT2D eigenvalue weighted by molar-refractivity contribution is -0.100. The Morgan fingerprint density at radius 3 is 3.00 bits per heavy atom. The molecule has 0 spiro atoms. The number of morpholine rings is 1. The molecule has 1 saturated heterocycles. The summed E-state index contributed by atoms with van der Waals surface area (Å²) in [5.41, 5.74) is -0.281. The molecular weight excluding hydrogens is 238 g/mol. The fourth-order valence-corrected chi connectivity index (χ4v) is 2.96. The van der Waals surface area contributed by atoms with Crippen molar-refractivity contribution in [1.82, 2.24) is 0 Å². The molecule has 1 aliphatic rings. The Kier molecular flexibility index (Phi) is 3.51. The standard InChI is InChI=1S/C12H17NO3S/c1-12(2)8-13(5-9(6-14)16-12)11-4-3-10(7-15)17-11/h3-4,7,9,14H,5-6,8H2,1-2H3. The minimum absolute atomic E-state index is 0.0197. The Hall–Kier alpha value is -0.910. The monoisotopic (exact) mass is 255 g/mol. The Bertz CT molecular complexity index is 402. The van der Waals surface area contributed by atoms with Crippen LogP contribution < -0.4 is 4.90 Å². The summed E-state index contributed by atoms with van der Waals surface area (Å²) in [6, 6.07) is 3.77. The minimum Gasteiger partial charge on any atom is -0.394 e. The van der Waals surface area contributed by atoms with Gasteiger partial charge in [0.05, 0.1) is 28.2 Å². The van der Waals surface area contributed by atoms with E-state index in [0.717, 1.165) is 22.7 Å². The lowest BCUT2D eigenvalue weighted by Gasteiger charge is -2.42. The molecule has 1 atom stereocenters. The molecule has 5 heteroatoms. The molecule has 1 N–H and O–H groups in total. The third-order valence-electron chi connectivity index (χ3n) is 2.73. The van der Waals surface area contributed by atoms with Crippen molar-refractivity contribution in [2.45, 2.75) is 25.6 Å². The van der Waals surface area contributed by atoms with Gasteiger partial charge in [0.15, 0.2) is 6.29 Å². The molecule has 0 radical (unpaired) electrons. The summed E-state index contributed by atoms with van der Waals surface area (Å²) >= 11 is 1.47. The average molecular weight is 255 g/mol. The van der Waals surface area contributed by atoms with Crippen LogP contribution in [0.1, 0.15) is 23.5 Å². The van der Waals surface area contributed by atoms with E-state index < -0.39 is 0 Å². The van der Waals surface area contributed by atoms with Crippen LogP contribution in [0.5, 0.6) is 0 Å². The highest BCUT2D eigenvalue weighted by atomic mass is 32.1. The first kappa shape index (κ1) is 12.5. The normalized spacial score (nSPS) is 23.7. The van der Waals surface area contributed by atoms with E-state index in [1.165, 1.54) is 11.3 Å². The molecule has 94 valence electrons. The number of thiophene rings is 1. The van der Waals surface area contributed by atoms with Crippen molar-refractivity contribution >= 4 is 22.6 Å². The summed E-state index contributed by atoms with van der Waals surface area (Å²) < 4.78 is 5.75. The second kappa shape index (κ2) is 4.76. The first-order chi connectivity index (χ1) is 8.04. The molecule has 0 bridgehead atoms. The van der Waals surface area contributed by atoms with Gasteiger partial charge in [-0.2, -0.15) is 0 Å². The highest BCUT2D eigenvalue weighted by Crippen LogP contribution is 2.30. The van der Waals surface area contributed by atoms with Gasteiger partial charge >= 0.3 is 0 Å². The summed E-state index contributed by atoms with van der Waals surface area (Å²) in [6.45, 7) is 5.47. The van der Waals surface area contributed by atoms with Crippen LogP contribution in [0.15, 0.2) is 12.1 Å². The van der Waals surface area contributed by atoms with Crippen molar-refractivity contribution in [3.8, 4) is 0 Å². The van der Waals surface area contributed by atoms with Gasteiger partial charge < -0.3 is 14.7 Å². The lowest BCUT2D eigenvalue weighted by Crippen LogP contribution is -2.53. The molecule has 1 aromatic rings. The maximum Gasteiger partial charge on any atom is 0.160 e. The summed E-state index contributed by atoms with van der Waals surface area (Å²) in [5.74, 6) is 0. The van der Waals surface area contributed by atoms with Gasteiger partial charge in [0, 0.05) is 13.1 Å². The molecule has 0 aliphatic carbocycles. The molecule has 1 aromatic heterocycles. The third-order valence-corrected chi connectivity index (χ3v) is 3.80. The molecular formula is C12H17NO3S. The van der Waals surface area contributed by atoms with Crippen LogP contribution in [0, 0.1) is 0 Å². The van der Waals surface area contributed by atoms with E-state index in [9.17, 15) is 9.90 Å². The van der Waals surface area contributed by atoms with Gasteiger partial charge in [0.1, 0.15) is 0 Å². The number of aldehydes is 1. The predicted molar refractivity (Wildman–Crippen MR) is 68.0 cm³/mol. The van der Waals surface area contributed by atoms with E-state index in [2.05, 4.69) is 4.90 Å². The number of hydrogen-bond acceptors (Lipinski definition) is 5. The summed E-state index contributed by atoms with van der Waals surface area (Å²) in [4.78, 5) is 13.6. The Labute approximate surface area is 105 Å². The summed E-state index contributed by atoms with van der Waals surface area (Å²) in [5, 5.41) is 10.3. The van der Waals surface area contributed by atoms with Crippen LogP contribution in [0.2, 0.25) is 0 Å². The van der Waals surface area contributed by atoms with Gasteiger partial charge in [-0.25, -0.2) is 0 Å². The zero-order valence-corrected chi connectivity index (χ0v) is 10.9. The zero-order valence-electron chi connectivity index (χ0n) is 10.0. The van der Waals surface area contributed by atoms with Gasteiger partial charge in [0.25, 0.3) is 0 Å². The number of carbonyl (C=O) groups is 1. The Morgan fingerprint density at radius 1 is 1.65 bits per heavy atom. The molecule has 4 nitrogen and oxygen atoms in total. The molecule has 0 aromatic carbocycles. The summed E-state index contributed by atoms with van der Waals surface area (Å²) in [7, 11) is 0. The van der Waals surface area contributed by atoms with Crippen molar-refractivity contribution in [2.75, 3.05) is 24.6 Å². The van der Waals surface area contributed by atoms with E-state index in [4.69, 9.17) is 4.74 Å². The van der Waals surface area contributed by atoms with Crippen molar-refractivity contribution in [3.05, 3.63) is 17.0 Å². The van der Waals surface area contributed by atoms with Crippen molar-refractivity contribution in [1.29, 1.82) is 0 Å². The van der Waals surface area contributed by atoms with Crippen LogP contribution in [-0.4, -0.2) is 42.8 Å². The largest absolute Gasteiger partial charge is 0.394 e. The fourth-order valence-electron chi connectivity index (χ4n) is 2.13. The molecule has 0 saturated carbocycles.